The van der Waals surface area contributed by atoms with Crippen LogP contribution in [0.1, 0.15) is 15.9 Å². The van der Waals surface area contributed by atoms with Crippen molar-refractivity contribution in [2.75, 3.05) is 17.8 Å². The summed E-state index contributed by atoms with van der Waals surface area (Å²) in [7, 11) is 0. The van der Waals surface area contributed by atoms with Crippen molar-refractivity contribution in [3.05, 3.63) is 47.5 Å². The second-order valence-electron chi connectivity index (χ2n) is 4.65. The molecule has 1 aliphatic heterocycles. The highest BCUT2D eigenvalue weighted by Gasteiger charge is 2.14. The van der Waals surface area contributed by atoms with Gasteiger partial charge in [-0.1, -0.05) is 6.07 Å². The Bertz CT molecular complexity index is 700. The normalized spacial score (nSPS) is 12.2. The fourth-order valence-corrected chi connectivity index (χ4v) is 2.14. The van der Waals surface area contributed by atoms with Gasteiger partial charge in [0, 0.05) is 12.2 Å². The number of ether oxygens (including phenoxy) is 2. The summed E-state index contributed by atoms with van der Waals surface area (Å²) in [5.74, 6) is 0.414. The summed E-state index contributed by atoms with van der Waals surface area (Å²) in [6, 6.07) is 10.2. The maximum atomic E-state index is 11.2. The van der Waals surface area contributed by atoms with E-state index >= 15 is 0 Å². The summed E-state index contributed by atoms with van der Waals surface area (Å²) < 4.78 is 10.6. The van der Waals surface area contributed by atoms with Crippen LogP contribution >= 0.6 is 0 Å². The second kappa shape index (κ2) is 5.24. The van der Waals surface area contributed by atoms with Crippen molar-refractivity contribution in [1.29, 1.82) is 0 Å². The van der Waals surface area contributed by atoms with E-state index < -0.39 is 5.97 Å². The zero-order valence-corrected chi connectivity index (χ0v) is 11.1. The molecule has 6 heteroatoms. The summed E-state index contributed by atoms with van der Waals surface area (Å²) in [6.07, 6.45) is 0. The number of carboxylic acid groups (broad SMARTS) is 1. The molecule has 1 aliphatic rings. The highest BCUT2D eigenvalue weighted by molar-refractivity contribution is 5.95. The molecule has 21 heavy (non-hydrogen) atoms. The molecule has 2 aromatic carbocycles. The lowest BCUT2D eigenvalue weighted by molar-refractivity contribution is 0.0698. The number of hydrogen-bond acceptors (Lipinski definition) is 5. The first kappa shape index (κ1) is 13.1. The van der Waals surface area contributed by atoms with E-state index in [1.165, 1.54) is 6.07 Å². The first-order valence-electron chi connectivity index (χ1n) is 6.39. The van der Waals surface area contributed by atoms with Gasteiger partial charge in [0.25, 0.3) is 0 Å². The van der Waals surface area contributed by atoms with Gasteiger partial charge in [-0.25, -0.2) is 4.79 Å². The molecule has 4 N–H and O–H groups in total. The Morgan fingerprint density at radius 3 is 2.81 bits per heavy atom. The smallest absolute Gasteiger partial charge is 0.337 e. The molecule has 0 bridgehead atoms. The predicted octanol–water partition coefficient (Wildman–Crippen LogP) is 2.31. The topological polar surface area (TPSA) is 93.8 Å². The maximum absolute atomic E-state index is 11.2. The van der Waals surface area contributed by atoms with Gasteiger partial charge in [-0.15, -0.1) is 0 Å². The van der Waals surface area contributed by atoms with Crippen LogP contribution in [0, 0.1) is 0 Å². The first-order chi connectivity index (χ1) is 10.1. The summed E-state index contributed by atoms with van der Waals surface area (Å²) in [5.41, 5.74) is 7.84. The number of benzene rings is 2. The number of rotatable bonds is 4. The Labute approximate surface area is 121 Å². The third-order valence-corrected chi connectivity index (χ3v) is 3.19. The quantitative estimate of drug-likeness (QED) is 0.747. The first-order valence-corrected chi connectivity index (χ1v) is 6.39. The minimum atomic E-state index is -0.997. The molecule has 0 amide bonds. The van der Waals surface area contributed by atoms with Crippen LogP contribution in [-0.4, -0.2) is 17.9 Å². The van der Waals surface area contributed by atoms with Gasteiger partial charge in [0.05, 0.1) is 11.3 Å². The number of fused-ring (bicyclic) bond motifs is 1. The van der Waals surface area contributed by atoms with Gasteiger partial charge in [-0.2, -0.15) is 0 Å². The number of carboxylic acids is 1. The lowest BCUT2D eigenvalue weighted by atomic mass is 10.1. The van der Waals surface area contributed by atoms with Crippen molar-refractivity contribution in [3.63, 3.8) is 0 Å². The Balaban J connectivity index is 1.78. The second-order valence-corrected chi connectivity index (χ2v) is 4.65. The molecule has 1 heterocycles. The fourth-order valence-electron chi connectivity index (χ4n) is 2.14. The van der Waals surface area contributed by atoms with Gasteiger partial charge in [-0.05, 0) is 35.9 Å². The van der Waals surface area contributed by atoms with E-state index in [1.54, 1.807) is 12.1 Å². The number of carbonyl (C=O) groups is 1. The minimum Gasteiger partial charge on any atom is -0.478 e. The van der Waals surface area contributed by atoms with Crippen LogP contribution in [0.25, 0.3) is 0 Å². The molecular formula is C15H14N2O4. The van der Waals surface area contributed by atoms with E-state index in [2.05, 4.69) is 5.32 Å². The van der Waals surface area contributed by atoms with Crippen LogP contribution in [-0.2, 0) is 6.54 Å². The van der Waals surface area contributed by atoms with Crippen LogP contribution < -0.4 is 20.5 Å². The van der Waals surface area contributed by atoms with Gasteiger partial charge < -0.3 is 25.6 Å². The zero-order chi connectivity index (χ0) is 14.8. The molecule has 0 aliphatic carbocycles. The molecule has 0 aromatic heterocycles. The Morgan fingerprint density at radius 2 is 2.00 bits per heavy atom. The van der Waals surface area contributed by atoms with Crippen LogP contribution in [0.4, 0.5) is 11.4 Å². The standard InChI is InChI=1S/C15H14N2O4/c16-10-2-3-11(15(18)19)12(6-10)17-7-9-1-4-13-14(5-9)21-8-20-13/h1-6,17H,7-8,16H2,(H,18,19). The van der Waals surface area contributed by atoms with Crippen LogP contribution in [0.3, 0.4) is 0 Å². The van der Waals surface area contributed by atoms with Crippen molar-refractivity contribution in [1.82, 2.24) is 0 Å². The summed E-state index contributed by atoms with van der Waals surface area (Å²) >= 11 is 0. The molecule has 0 saturated carbocycles. The van der Waals surface area contributed by atoms with E-state index in [4.69, 9.17) is 20.3 Å². The zero-order valence-electron chi connectivity index (χ0n) is 11.1. The van der Waals surface area contributed by atoms with E-state index in [9.17, 15) is 4.79 Å². The third-order valence-electron chi connectivity index (χ3n) is 3.19. The van der Waals surface area contributed by atoms with Crippen LogP contribution in [0.5, 0.6) is 11.5 Å². The number of hydrogen-bond donors (Lipinski definition) is 3. The third kappa shape index (κ3) is 2.69. The predicted molar refractivity (Wildman–Crippen MR) is 77.7 cm³/mol. The van der Waals surface area contributed by atoms with E-state index in [-0.39, 0.29) is 12.4 Å². The molecule has 2 aromatic rings. The molecule has 0 fully saturated rings. The minimum absolute atomic E-state index is 0.185. The number of nitrogens with two attached hydrogens (primary N) is 1. The number of nitrogen functional groups attached to an aromatic ring is 1. The number of nitrogens with one attached hydrogen (secondary N) is 1. The maximum Gasteiger partial charge on any atom is 0.337 e. The van der Waals surface area contributed by atoms with Gasteiger partial charge in [0.15, 0.2) is 11.5 Å². The SMILES string of the molecule is Nc1ccc(C(=O)O)c(NCc2ccc3c(c2)OCO3)c1. The highest BCUT2D eigenvalue weighted by Crippen LogP contribution is 2.32. The number of aromatic carboxylic acids is 1. The van der Waals surface area contributed by atoms with E-state index in [1.807, 2.05) is 18.2 Å². The van der Waals surface area contributed by atoms with Crippen LogP contribution in [0.2, 0.25) is 0 Å². The van der Waals surface area contributed by atoms with Crippen LogP contribution in [0.15, 0.2) is 36.4 Å². The summed E-state index contributed by atoms with van der Waals surface area (Å²) in [6.45, 7) is 0.685. The summed E-state index contributed by atoms with van der Waals surface area (Å²) in [4.78, 5) is 11.2. The molecule has 0 unspecified atom stereocenters. The van der Waals surface area contributed by atoms with Gasteiger partial charge in [0.1, 0.15) is 0 Å². The average Bonchev–Trinajstić information content (AvgIpc) is 2.92. The van der Waals surface area contributed by atoms with Crippen molar-refractivity contribution < 1.29 is 19.4 Å². The average molecular weight is 286 g/mol. The monoisotopic (exact) mass is 286 g/mol. The molecule has 6 nitrogen and oxygen atoms in total. The fraction of sp³-hybridized carbons (Fsp3) is 0.133. The van der Waals surface area contributed by atoms with Crippen molar-refractivity contribution in [2.24, 2.45) is 0 Å². The van der Waals surface area contributed by atoms with Gasteiger partial charge in [-0.3, -0.25) is 0 Å². The Kier molecular flexibility index (Phi) is 3.27. The molecule has 0 radical (unpaired) electrons. The molecule has 108 valence electrons. The highest BCUT2D eigenvalue weighted by atomic mass is 16.7. The van der Waals surface area contributed by atoms with Crippen molar-refractivity contribution in [2.45, 2.75) is 6.54 Å². The van der Waals surface area contributed by atoms with E-state index in [0.717, 1.165) is 5.56 Å². The molecule has 3 rings (SSSR count). The largest absolute Gasteiger partial charge is 0.478 e. The summed E-state index contributed by atoms with van der Waals surface area (Å²) in [5, 5.41) is 12.2. The molecule has 0 atom stereocenters. The van der Waals surface area contributed by atoms with Gasteiger partial charge in [0.2, 0.25) is 6.79 Å². The molecule has 0 spiro atoms. The van der Waals surface area contributed by atoms with Crippen molar-refractivity contribution in [3.8, 4) is 11.5 Å². The Hall–Kier alpha value is -2.89. The van der Waals surface area contributed by atoms with Gasteiger partial charge >= 0.3 is 5.97 Å². The van der Waals surface area contributed by atoms with Crippen molar-refractivity contribution >= 4 is 17.3 Å². The number of anilines is 2. The molecule has 0 saturated heterocycles. The van der Waals surface area contributed by atoms with E-state index in [0.29, 0.717) is 29.4 Å². The lowest BCUT2D eigenvalue weighted by Gasteiger charge is -2.11. The Morgan fingerprint density at radius 1 is 1.19 bits per heavy atom. The molecular weight excluding hydrogens is 272 g/mol. The lowest BCUT2D eigenvalue weighted by Crippen LogP contribution is -2.07.